The first kappa shape index (κ1) is 21.2. The van der Waals surface area contributed by atoms with Crippen LogP contribution in [0.15, 0.2) is 72.1 Å². The third kappa shape index (κ3) is 3.84. The summed E-state index contributed by atoms with van der Waals surface area (Å²) in [6.07, 6.45) is 0. The van der Waals surface area contributed by atoms with Gasteiger partial charge in [-0.15, -0.1) is 0 Å². The number of hydrogen-bond acceptors (Lipinski definition) is 6. The molecule has 6 nitrogen and oxygen atoms in total. The van der Waals surface area contributed by atoms with E-state index in [0.717, 1.165) is 0 Å². The van der Waals surface area contributed by atoms with Crippen molar-refractivity contribution in [2.45, 2.75) is 5.92 Å². The van der Waals surface area contributed by atoms with Crippen molar-refractivity contribution in [1.29, 1.82) is 5.26 Å². The van der Waals surface area contributed by atoms with E-state index in [1.165, 1.54) is 37.4 Å². The van der Waals surface area contributed by atoms with Crippen molar-refractivity contribution in [2.24, 2.45) is 5.73 Å². The van der Waals surface area contributed by atoms with E-state index in [-0.39, 0.29) is 33.5 Å². The molecule has 0 saturated heterocycles. The molecule has 0 aromatic heterocycles. The molecule has 32 heavy (non-hydrogen) atoms. The van der Waals surface area contributed by atoms with Gasteiger partial charge in [-0.2, -0.15) is 5.26 Å². The normalized spacial score (nSPS) is 14.8. The highest BCUT2D eigenvalue weighted by Gasteiger charge is 2.34. The summed E-state index contributed by atoms with van der Waals surface area (Å²) in [7, 11) is 1.50. The number of allylic oxidation sites excluding steroid dienone is 1. The second kappa shape index (κ2) is 8.61. The van der Waals surface area contributed by atoms with E-state index in [1.54, 1.807) is 30.3 Å². The van der Waals surface area contributed by atoms with Crippen LogP contribution in [0, 0.1) is 17.1 Å². The third-order valence-electron chi connectivity index (χ3n) is 4.99. The Labute approximate surface area is 188 Å². The van der Waals surface area contributed by atoms with Crippen molar-refractivity contribution in [2.75, 3.05) is 7.11 Å². The molecule has 1 aliphatic rings. The fourth-order valence-electron chi connectivity index (χ4n) is 3.50. The fourth-order valence-corrected chi connectivity index (χ4v) is 3.77. The predicted octanol–water partition coefficient (Wildman–Crippen LogP) is 4.93. The van der Waals surface area contributed by atoms with Gasteiger partial charge in [0.15, 0.2) is 0 Å². The Balaban J connectivity index is 1.72. The first-order chi connectivity index (χ1) is 15.4. The molecule has 1 unspecified atom stereocenters. The largest absolute Gasteiger partial charge is 0.497 e. The monoisotopic (exact) mass is 450 g/mol. The molecule has 1 atom stereocenters. The van der Waals surface area contributed by atoms with E-state index in [2.05, 4.69) is 0 Å². The molecular formula is C24H16ClFN2O4. The van der Waals surface area contributed by atoms with Crippen molar-refractivity contribution in [3.8, 4) is 23.3 Å². The number of nitriles is 1. The molecule has 0 aliphatic carbocycles. The summed E-state index contributed by atoms with van der Waals surface area (Å²) >= 11 is 6.26. The maximum absolute atomic E-state index is 14.7. The molecule has 0 amide bonds. The number of benzene rings is 3. The summed E-state index contributed by atoms with van der Waals surface area (Å²) in [6.45, 7) is 0. The summed E-state index contributed by atoms with van der Waals surface area (Å²) in [4.78, 5) is 12.5. The number of fused-ring (bicyclic) bond motifs is 1. The molecule has 1 aliphatic heterocycles. The maximum atomic E-state index is 14.7. The minimum atomic E-state index is -0.874. The zero-order chi connectivity index (χ0) is 22.8. The summed E-state index contributed by atoms with van der Waals surface area (Å²) in [5.41, 5.74) is 6.86. The molecule has 3 aromatic rings. The third-order valence-corrected chi connectivity index (χ3v) is 5.32. The van der Waals surface area contributed by atoms with Gasteiger partial charge in [0, 0.05) is 22.2 Å². The standard InChI is InChI=1S/C24H16ClFN2O4/c1-30-14-5-2-4-13(10-14)24(29)31-15-8-9-16-20(11-15)32-23(28)17(12-27)21(16)22-18(25)6-3-7-19(22)26/h2-11,21H,28H2,1H3. The second-order valence-electron chi connectivity index (χ2n) is 6.88. The first-order valence-corrected chi connectivity index (χ1v) is 9.82. The predicted molar refractivity (Wildman–Crippen MR) is 115 cm³/mol. The van der Waals surface area contributed by atoms with Gasteiger partial charge in [0.05, 0.1) is 18.6 Å². The van der Waals surface area contributed by atoms with Gasteiger partial charge in [0.25, 0.3) is 0 Å². The minimum absolute atomic E-state index is 0.0330. The highest BCUT2D eigenvalue weighted by Crippen LogP contribution is 2.46. The van der Waals surface area contributed by atoms with Crippen molar-refractivity contribution < 1.29 is 23.4 Å². The molecular weight excluding hydrogens is 435 g/mol. The molecule has 0 radical (unpaired) electrons. The van der Waals surface area contributed by atoms with Crippen LogP contribution in [-0.4, -0.2) is 13.1 Å². The molecule has 2 N–H and O–H groups in total. The SMILES string of the molecule is COc1cccc(C(=O)Oc2ccc3c(c2)OC(N)=C(C#N)C3c2c(F)cccc2Cl)c1. The van der Waals surface area contributed by atoms with Gasteiger partial charge in [-0.25, -0.2) is 9.18 Å². The van der Waals surface area contributed by atoms with Gasteiger partial charge in [-0.1, -0.05) is 29.8 Å². The Kier molecular flexibility index (Phi) is 5.71. The molecule has 3 aromatic carbocycles. The summed E-state index contributed by atoms with van der Waals surface area (Å²) in [5, 5.41) is 9.78. The van der Waals surface area contributed by atoms with Gasteiger partial charge >= 0.3 is 5.97 Å². The lowest BCUT2D eigenvalue weighted by atomic mass is 9.83. The van der Waals surface area contributed by atoms with Crippen molar-refractivity contribution in [3.63, 3.8) is 0 Å². The van der Waals surface area contributed by atoms with Gasteiger partial charge in [-0.3, -0.25) is 0 Å². The number of rotatable bonds is 4. The van der Waals surface area contributed by atoms with Gasteiger partial charge < -0.3 is 19.9 Å². The van der Waals surface area contributed by atoms with Crippen LogP contribution < -0.4 is 19.9 Å². The zero-order valence-corrected chi connectivity index (χ0v) is 17.5. The Morgan fingerprint density at radius 1 is 1.16 bits per heavy atom. The number of ether oxygens (including phenoxy) is 3. The van der Waals surface area contributed by atoms with Crippen molar-refractivity contribution >= 4 is 17.6 Å². The van der Waals surface area contributed by atoms with Crippen LogP contribution in [0.2, 0.25) is 5.02 Å². The van der Waals surface area contributed by atoms with Crippen LogP contribution in [0.5, 0.6) is 17.2 Å². The molecule has 0 spiro atoms. The number of nitrogens with two attached hydrogens (primary N) is 1. The Hall–Kier alpha value is -4.02. The average Bonchev–Trinajstić information content (AvgIpc) is 2.78. The van der Waals surface area contributed by atoms with Gasteiger partial charge in [-0.05, 0) is 36.4 Å². The van der Waals surface area contributed by atoms with Crippen LogP contribution in [-0.2, 0) is 0 Å². The zero-order valence-electron chi connectivity index (χ0n) is 16.8. The molecule has 160 valence electrons. The van der Waals surface area contributed by atoms with E-state index in [1.807, 2.05) is 6.07 Å². The fraction of sp³-hybridized carbons (Fsp3) is 0.0833. The van der Waals surface area contributed by atoms with Gasteiger partial charge in [0.2, 0.25) is 5.88 Å². The lowest BCUT2D eigenvalue weighted by Gasteiger charge is -2.27. The van der Waals surface area contributed by atoms with E-state index in [0.29, 0.717) is 16.9 Å². The van der Waals surface area contributed by atoms with Crippen molar-refractivity contribution in [1.82, 2.24) is 0 Å². The van der Waals surface area contributed by atoms with E-state index in [4.69, 9.17) is 31.5 Å². The average molecular weight is 451 g/mol. The number of carbonyl (C=O) groups excluding carboxylic acids is 1. The van der Waals surface area contributed by atoms with Crippen LogP contribution in [0.4, 0.5) is 4.39 Å². The summed E-state index contributed by atoms with van der Waals surface area (Å²) in [5.74, 6) is -1.31. The molecule has 0 saturated carbocycles. The van der Waals surface area contributed by atoms with Crippen molar-refractivity contribution in [3.05, 3.63) is 99.7 Å². The highest BCUT2D eigenvalue weighted by molar-refractivity contribution is 6.31. The van der Waals surface area contributed by atoms with Crippen LogP contribution >= 0.6 is 11.6 Å². The van der Waals surface area contributed by atoms with Crippen LogP contribution in [0.3, 0.4) is 0 Å². The van der Waals surface area contributed by atoms with E-state index < -0.39 is 17.7 Å². The van der Waals surface area contributed by atoms with Gasteiger partial charge in [0.1, 0.15) is 34.7 Å². The lowest BCUT2D eigenvalue weighted by Crippen LogP contribution is -2.22. The second-order valence-corrected chi connectivity index (χ2v) is 7.29. The van der Waals surface area contributed by atoms with Crippen LogP contribution in [0.1, 0.15) is 27.4 Å². The molecule has 0 bridgehead atoms. The Morgan fingerprint density at radius 3 is 2.66 bits per heavy atom. The summed E-state index contributed by atoms with van der Waals surface area (Å²) in [6, 6.07) is 17.3. The summed E-state index contributed by atoms with van der Waals surface area (Å²) < 4.78 is 30.8. The minimum Gasteiger partial charge on any atom is -0.497 e. The molecule has 0 fully saturated rings. The molecule has 1 heterocycles. The van der Waals surface area contributed by atoms with E-state index in [9.17, 15) is 14.4 Å². The van der Waals surface area contributed by atoms with E-state index >= 15 is 0 Å². The number of nitrogens with zero attached hydrogens (tertiary/aromatic N) is 1. The lowest BCUT2D eigenvalue weighted by molar-refractivity contribution is 0.0734. The molecule has 4 rings (SSSR count). The smallest absolute Gasteiger partial charge is 0.343 e. The number of carbonyl (C=O) groups is 1. The number of methoxy groups -OCH3 is 1. The van der Waals surface area contributed by atoms with Crippen LogP contribution in [0.25, 0.3) is 0 Å². The number of esters is 1. The number of halogens is 2. The maximum Gasteiger partial charge on any atom is 0.343 e. The topological polar surface area (TPSA) is 94.6 Å². The first-order valence-electron chi connectivity index (χ1n) is 9.44. The highest BCUT2D eigenvalue weighted by atomic mass is 35.5. The quantitative estimate of drug-likeness (QED) is 0.447. The number of hydrogen-bond donors (Lipinski definition) is 1. The Morgan fingerprint density at radius 2 is 1.94 bits per heavy atom. The molecule has 8 heteroatoms. The Bertz CT molecular complexity index is 1280.